The molecule has 1 aliphatic heterocycles. The Morgan fingerprint density at radius 3 is 2.34 bits per heavy atom. The number of carbonyl (C=O) groups is 3. The molecule has 3 rings (SSSR count). The summed E-state index contributed by atoms with van der Waals surface area (Å²) in [7, 11) is 1.57. The third-order valence-electron chi connectivity index (χ3n) is 5.03. The van der Waals surface area contributed by atoms with Crippen molar-refractivity contribution in [1.29, 1.82) is 0 Å². The van der Waals surface area contributed by atoms with Gasteiger partial charge >= 0.3 is 5.97 Å². The highest BCUT2D eigenvalue weighted by Crippen LogP contribution is 2.41. The number of amides is 2. The van der Waals surface area contributed by atoms with Crippen LogP contribution in [0.15, 0.2) is 48.5 Å². The van der Waals surface area contributed by atoms with Crippen LogP contribution in [-0.4, -0.2) is 31.5 Å². The largest absolute Gasteiger partial charge is 0.497 e. The molecule has 2 N–H and O–H groups in total. The van der Waals surface area contributed by atoms with Crippen LogP contribution in [0, 0.1) is 12.8 Å². The number of hydrogen-bond donors (Lipinski definition) is 1. The number of esters is 1. The molecule has 1 saturated heterocycles. The molecule has 29 heavy (non-hydrogen) atoms. The average molecular weight is 396 g/mol. The van der Waals surface area contributed by atoms with Gasteiger partial charge in [-0.05, 0) is 43.2 Å². The molecule has 152 valence electrons. The monoisotopic (exact) mass is 396 g/mol. The molecule has 1 aliphatic rings. The van der Waals surface area contributed by atoms with Crippen molar-refractivity contribution in [2.45, 2.75) is 25.8 Å². The van der Waals surface area contributed by atoms with Crippen LogP contribution in [0.3, 0.4) is 0 Å². The normalized spacial score (nSPS) is 19.0. The summed E-state index contributed by atoms with van der Waals surface area (Å²) in [5.41, 5.74) is 7.66. The Morgan fingerprint density at radius 2 is 1.76 bits per heavy atom. The van der Waals surface area contributed by atoms with Crippen molar-refractivity contribution in [2.24, 2.45) is 11.7 Å². The van der Waals surface area contributed by atoms with Gasteiger partial charge in [-0.15, -0.1) is 0 Å². The Hall–Kier alpha value is -3.35. The molecule has 7 heteroatoms. The predicted molar refractivity (Wildman–Crippen MR) is 107 cm³/mol. The lowest BCUT2D eigenvalue weighted by molar-refractivity contribution is -0.154. The van der Waals surface area contributed by atoms with Gasteiger partial charge in [0.1, 0.15) is 5.75 Å². The lowest BCUT2D eigenvalue weighted by Gasteiger charge is -2.40. The summed E-state index contributed by atoms with van der Waals surface area (Å²) in [6.07, 6.45) is 0.534. The van der Waals surface area contributed by atoms with Crippen LogP contribution >= 0.6 is 0 Å². The minimum Gasteiger partial charge on any atom is -0.497 e. The maximum atomic E-state index is 12.9. The number of piperidine rings is 1. The van der Waals surface area contributed by atoms with Crippen molar-refractivity contribution in [2.75, 3.05) is 18.6 Å². The number of rotatable bonds is 6. The number of carbonyl (C=O) groups excluding carboxylic acids is 3. The van der Waals surface area contributed by atoms with Crippen LogP contribution in [-0.2, 0) is 19.1 Å². The number of ether oxygens (including phenoxy) is 2. The third kappa shape index (κ3) is 4.56. The van der Waals surface area contributed by atoms with E-state index in [1.807, 2.05) is 43.3 Å². The summed E-state index contributed by atoms with van der Waals surface area (Å²) in [5.74, 6) is -1.29. The molecule has 1 fully saturated rings. The van der Waals surface area contributed by atoms with Crippen molar-refractivity contribution in [1.82, 2.24) is 0 Å². The van der Waals surface area contributed by atoms with Crippen LogP contribution in [0.1, 0.15) is 30.0 Å². The molecule has 0 saturated carbocycles. The first-order valence-electron chi connectivity index (χ1n) is 9.38. The molecule has 1 heterocycles. The summed E-state index contributed by atoms with van der Waals surface area (Å²) in [6, 6.07) is 14.2. The molecule has 2 amide bonds. The number of primary amides is 1. The van der Waals surface area contributed by atoms with E-state index in [2.05, 4.69) is 0 Å². The molecule has 2 atom stereocenters. The number of aryl methyl sites for hydroxylation is 1. The molecule has 2 aromatic rings. The fraction of sp³-hybridized carbons (Fsp3) is 0.318. The molecule has 2 aromatic carbocycles. The van der Waals surface area contributed by atoms with E-state index in [-0.39, 0.29) is 12.3 Å². The van der Waals surface area contributed by atoms with E-state index < -0.39 is 30.4 Å². The number of anilines is 1. The minimum atomic E-state index is -0.721. The van der Waals surface area contributed by atoms with E-state index in [1.165, 1.54) is 0 Å². The minimum absolute atomic E-state index is 0.0753. The highest BCUT2D eigenvalue weighted by Gasteiger charge is 2.42. The van der Waals surface area contributed by atoms with Crippen LogP contribution in [0.25, 0.3) is 0 Å². The predicted octanol–water partition coefficient (Wildman–Crippen LogP) is 2.52. The topological polar surface area (TPSA) is 98.9 Å². The maximum Gasteiger partial charge on any atom is 0.311 e. The lowest BCUT2D eigenvalue weighted by Crippen LogP contribution is -2.46. The van der Waals surface area contributed by atoms with Gasteiger partial charge in [0.15, 0.2) is 6.61 Å². The van der Waals surface area contributed by atoms with Gasteiger partial charge in [0.05, 0.1) is 19.1 Å². The SMILES string of the molecule is COc1ccc([C@@H]2[C@H](C(=O)OCC(N)=O)CCC(=O)N2c2ccc(C)cc2)cc1. The van der Waals surface area contributed by atoms with Gasteiger partial charge in [-0.3, -0.25) is 14.4 Å². The number of nitrogens with two attached hydrogens (primary N) is 1. The van der Waals surface area contributed by atoms with Gasteiger partial charge < -0.3 is 20.1 Å². The first-order valence-corrected chi connectivity index (χ1v) is 9.38. The lowest BCUT2D eigenvalue weighted by atomic mass is 9.83. The zero-order chi connectivity index (χ0) is 21.0. The van der Waals surface area contributed by atoms with Gasteiger partial charge in [0.2, 0.25) is 5.91 Å². The molecule has 0 radical (unpaired) electrons. The molecular formula is C22H24N2O5. The fourth-order valence-electron chi connectivity index (χ4n) is 3.58. The van der Waals surface area contributed by atoms with E-state index in [9.17, 15) is 14.4 Å². The van der Waals surface area contributed by atoms with E-state index in [0.717, 1.165) is 11.1 Å². The number of nitrogens with zero attached hydrogens (tertiary/aromatic N) is 1. The summed E-state index contributed by atoms with van der Waals surface area (Å²) < 4.78 is 10.3. The summed E-state index contributed by atoms with van der Waals surface area (Å²) >= 11 is 0. The number of methoxy groups -OCH3 is 1. The van der Waals surface area contributed by atoms with Crippen molar-refractivity contribution in [3.05, 3.63) is 59.7 Å². The number of benzene rings is 2. The van der Waals surface area contributed by atoms with Crippen molar-refractivity contribution >= 4 is 23.5 Å². The number of hydrogen-bond acceptors (Lipinski definition) is 5. The van der Waals surface area contributed by atoms with E-state index in [4.69, 9.17) is 15.2 Å². The van der Waals surface area contributed by atoms with Gasteiger partial charge in [0.25, 0.3) is 5.91 Å². The smallest absolute Gasteiger partial charge is 0.311 e. The van der Waals surface area contributed by atoms with Crippen LogP contribution in [0.5, 0.6) is 5.75 Å². The van der Waals surface area contributed by atoms with Gasteiger partial charge in [-0.2, -0.15) is 0 Å². The van der Waals surface area contributed by atoms with Crippen LogP contribution < -0.4 is 15.4 Å². The molecule has 0 spiro atoms. The fourth-order valence-corrected chi connectivity index (χ4v) is 3.58. The first-order chi connectivity index (χ1) is 13.9. The zero-order valence-corrected chi connectivity index (χ0v) is 16.5. The summed E-state index contributed by atoms with van der Waals surface area (Å²) in [4.78, 5) is 38.3. The van der Waals surface area contributed by atoms with Crippen molar-refractivity contribution in [3.8, 4) is 5.75 Å². The standard InChI is InChI=1S/C22H24N2O5/c1-14-3-7-16(8-4-14)24-20(26)12-11-18(22(27)29-13-19(23)25)21(24)15-5-9-17(28-2)10-6-15/h3-10,18,21H,11-13H2,1-2H3,(H2,23,25)/t18-,21-/m1/s1. The Labute approximate surface area is 169 Å². The molecule has 0 aliphatic carbocycles. The highest BCUT2D eigenvalue weighted by atomic mass is 16.5. The molecule has 7 nitrogen and oxygen atoms in total. The Morgan fingerprint density at radius 1 is 1.10 bits per heavy atom. The van der Waals surface area contributed by atoms with E-state index >= 15 is 0 Å². The second kappa shape index (κ2) is 8.77. The molecule has 0 aromatic heterocycles. The first kappa shape index (κ1) is 20.4. The quantitative estimate of drug-likeness (QED) is 0.757. The molecule has 0 bridgehead atoms. The van der Waals surface area contributed by atoms with Gasteiger partial charge in [0, 0.05) is 12.1 Å². The average Bonchev–Trinajstić information content (AvgIpc) is 2.72. The second-order valence-corrected chi connectivity index (χ2v) is 7.04. The third-order valence-corrected chi connectivity index (χ3v) is 5.03. The molecular weight excluding hydrogens is 372 g/mol. The van der Waals surface area contributed by atoms with Crippen LogP contribution in [0.4, 0.5) is 5.69 Å². The van der Waals surface area contributed by atoms with Crippen molar-refractivity contribution < 1.29 is 23.9 Å². The zero-order valence-electron chi connectivity index (χ0n) is 16.5. The van der Waals surface area contributed by atoms with Gasteiger partial charge in [-0.1, -0.05) is 29.8 Å². The van der Waals surface area contributed by atoms with E-state index in [0.29, 0.717) is 17.9 Å². The summed E-state index contributed by atoms with van der Waals surface area (Å²) in [6.45, 7) is 1.48. The Balaban J connectivity index is 2.02. The van der Waals surface area contributed by atoms with E-state index in [1.54, 1.807) is 24.1 Å². The second-order valence-electron chi connectivity index (χ2n) is 7.04. The Kier molecular flexibility index (Phi) is 6.16. The highest BCUT2D eigenvalue weighted by molar-refractivity contribution is 5.97. The Bertz CT molecular complexity index is 892. The van der Waals surface area contributed by atoms with Crippen LogP contribution in [0.2, 0.25) is 0 Å². The summed E-state index contributed by atoms with van der Waals surface area (Å²) in [5, 5.41) is 0. The van der Waals surface area contributed by atoms with Crippen molar-refractivity contribution in [3.63, 3.8) is 0 Å². The van der Waals surface area contributed by atoms with Gasteiger partial charge in [-0.25, -0.2) is 0 Å². The maximum absolute atomic E-state index is 12.9. The molecule has 0 unspecified atom stereocenters.